The normalized spacial score (nSPS) is 21.2. The number of halogens is 1. The fourth-order valence-corrected chi connectivity index (χ4v) is 6.64. The minimum atomic E-state index is -0.188. The monoisotopic (exact) mass is 489 g/mol. The molecule has 2 saturated heterocycles. The number of ether oxygens (including phenoxy) is 1. The molecule has 162 valence electrons. The first-order valence-electron chi connectivity index (χ1n) is 11.3. The Labute approximate surface area is 196 Å². The minimum Gasteiger partial charge on any atom is -0.381 e. The summed E-state index contributed by atoms with van der Waals surface area (Å²) in [4.78, 5) is 16.3. The van der Waals surface area contributed by atoms with Gasteiger partial charge in [-0.25, -0.2) is 0 Å². The number of piperazine rings is 1. The van der Waals surface area contributed by atoms with E-state index in [0.717, 1.165) is 77.7 Å². The predicted molar refractivity (Wildman–Crippen MR) is 127 cm³/mol. The molecule has 2 aliphatic heterocycles. The molecule has 2 aliphatic carbocycles. The molecule has 4 aliphatic rings. The highest BCUT2D eigenvalue weighted by Crippen LogP contribution is 2.55. The van der Waals surface area contributed by atoms with Crippen LogP contribution in [-0.2, 0) is 16.6 Å². The molecule has 0 aromatic heterocycles. The summed E-state index contributed by atoms with van der Waals surface area (Å²) in [6.07, 6.45) is 2.51. The molecular formula is C26H24BrN3O2. The number of carbonyl (C=O) groups is 1. The molecule has 0 radical (unpaired) electrons. The second-order valence-corrected chi connectivity index (χ2v) is 9.98. The lowest BCUT2D eigenvalue weighted by Crippen LogP contribution is -2.44. The third-order valence-electron chi connectivity index (χ3n) is 7.63. The van der Waals surface area contributed by atoms with E-state index in [4.69, 9.17) is 4.74 Å². The highest BCUT2D eigenvalue weighted by atomic mass is 79.9. The Kier molecular flexibility index (Phi) is 4.76. The zero-order chi connectivity index (χ0) is 21.9. The van der Waals surface area contributed by atoms with Crippen LogP contribution in [0.3, 0.4) is 0 Å². The van der Waals surface area contributed by atoms with Crippen molar-refractivity contribution in [3.63, 3.8) is 0 Å². The summed E-state index contributed by atoms with van der Waals surface area (Å²) < 4.78 is 6.77. The molecule has 0 bridgehead atoms. The van der Waals surface area contributed by atoms with E-state index in [2.05, 4.69) is 44.3 Å². The highest BCUT2D eigenvalue weighted by Gasteiger charge is 2.49. The topological polar surface area (TPSA) is 65.4 Å². The first kappa shape index (κ1) is 20.2. The van der Waals surface area contributed by atoms with Crippen LogP contribution in [-0.4, -0.2) is 45.2 Å². The Hall–Kier alpha value is -2.46. The molecule has 2 aromatic rings. The van der Waals surface area contributed by atoms with Crippen LogP contribution < -0.4 is 10.2 Å². The average Bonchev–Trinajstić information content (AvgIpc) is 3.23. The number of benzene rings is 2. The number of ketones is 1. The molecule has 2 heterocycles. The van der Waals surface area contributed by atoms with E-state index in [1.54, 1.807) is 0 Å². The molecule has 0 atom stereocenters. The number of nitriles is 1. The SMILES string of the molecule is N#Cc1ccc2c(c1)CC1=C2C(=O)c2cc(Br)c(N3CCNCC3)cc2C12CCOCC2. The lowest BCUT2D eigenvalue weighted by atomic mass is 9.62. The van der Waals surface area contributed by atoms with Crippen LogP contribution in [0.25, 0.3) is 5.57 Å². The molecule has 0 saturated carbocycles. The Balaban J connectivity index is 1.55. The van der Waals surface area contributed by atoms with E-state index in [-0.39, 0.29) is 11.2 Å². The summed E-state index contributed by atoms with van der Waals surface area (Å²) in [5, 5.41) is 12.8. The van der Waals surface area contributed by atoms with E-state index >= 15 is 0 Å². The number of Topliss-reactive ketones (excluding diaryl/α,β-unsaturated/α-hetero) is 1. The largest absolute Gasteiger partial charge is 0.381 e. The van der Waals surface area contributed by atoms with Crippen LogP contribution >= 0.6 is 15.9 Å². The highest BCUT2D eigenvalue weighted by molar-refractivity contribution is 9.10. The summed E-state index contributed by atoms with van der Waals surface area (Å²) in [6, 6.07) is 12.3. The first-order valence-corrected chi connectivity index (χ1v) is 12.1. The van der Waals surface area contributed by atoms with Crippen LogP contribution in [0.2, 0.25) is 0 Å². The third-order valence-corrected chi connectivity index (χ3v) is 8.26. The fourth-order valence-electron chi connectivity index (χ4n) is 6.04. The van der Waals surface area contributed by atoms with Gasteiger partial charge < -0.3 is 15.0 Å². The number of nitrogens with zero attached hydrogens (tertiary/aromatic N) is 2. The zero-order valence-corrected chi connectivity index (χ0v) is 19.4. The molecule has 1 spiro atoms. The number of hydrogen-bond acceptors (Lipinski definition) is 5. The van der Waals surface area contributed by atoms with E-state index in [1.165, 1.54) is 11.3 Å². The van der Waals surface area contributed by atoms with Gasteiger partial charge in [-0.1, -0.05) is 6.07 Å². The van der Waals surface area contributed by atoms with Gasteiger partial charge in [-0.3, -0.25) is 4.79 Å². The number of allylic oxidation sites excluding steroid dienone is 2. The molecule has 2 fully saturated rings. The average molecular weight is 490 g/mol. The number of fused-ring (bicyclic) bond motifs is 5. The lowest BCUT2D eigenvalue weighted by Gasteiger charge is -2.44. The van der Waals surface area contributed by atoms with Gasteiger partial charge in [0.05, 0.1) is 17.3 Å². The fraction of sp³-hybridized carbons (Fsp3) is 0.385. The van der Waals surface area contributed by atoms with Gasteiger partial charge in [0.25, 0.3) is 0 Å². The van der Waals surface area contributed by atoms with Crippen LogP contribution in [0.1, 0.15) is 45.5 Å². The number of carbonyl (C=O) groups excluding carboxylic acids is 1. The number of nitrogens with one attached hydrogen (secondary N) is 1. The molecule has 5 nitrogen and oxygen atoms in total. The van der Waals surface area contributed by atoms with Gasteiger partial charge in [-0.2, -0.15) is 5.26 Å². The van der Waals surface area contributed by atoms with Crippen molar-refractivity contribution in [2.75, 3.05) is 44.3 Å². The van der Waals surface area contributed by atoms with Crippen molar-refractivity contribution in [2.24, 2.45) is 0 Å². The van der Waals surface area contributed by atoms with Crippen molar-refractivity contribution < 1.29 is 9.53 Å². The minimum absolute atomic E-state index is 0.114. The second-order valence-electron chi connectivity index (χ2n) is 9.12. The van der Waals surface area contributed by atoms with Crippen LogP contribution in [0.5, 0.6) is 0 Å². The Morgan fingerprint density at radius 3 is 2.62 bits per heavy atom. The second kappa shape index (κ2) is 7.55. The molecular weight excluding hydrogens is 466 g/mol. The Morgan fingerprint density at radius 1 is 1.09 bits per heavy atom. The maximum Gasteiger partial charge on any atom is 0.193 e. The number of rotatable bonds is 1. The van der Waals surface area contributed by atoms with Crippen molar-refractivity contribution in [2.45, 2.75) is 24.7 Å². The lowest BCUT2D eigenvalue weighted by molar-refractivity contribution is 0.0603. The van der Waals surface area contributed by atoms with Gasteiger partial charge in [0, 0.05) is 60.4 Å². The molecule has 2 aromatic carbocycles. The van der Waals surface area contributed by atoms with Crippen molar-refractivity contribution in [3.8, 4) is 6.07 Å². The molecule has 6 rings (SSSR count). The van der Waals surface area contributed by atoms with Gasteiger partial charge in [-0.05, 0) is 81.7 Å². The summed E-state index contributed by atoms with van der Waals surface area (Å²) >= 11 is 3.78. The maximum absolute atomic E-state index is 13.9. The third kappa shape index (κ3) is 2.85. The van der Waals surface area contributed by atoms with E-state index in [1.807, 2.05) is 18.2 Å². The summed E-state index contributed by atoms with van der Waals surface area (Å²) in [7, 11) is 0. The number of hydrogen-bond donors (Lipinski definition) is 1. The summed E-state index contributed by atoms with van der Waals surface area (Å²) in [6.45, 7) is 5.24. The van der Waals surface area contributed by atoms with E-state index in [0.29, 0.717) is 18.8 Å². The zero-order valence-electron chi connectivity index (χ0n) is 17.8. The predicted octanol–water partition coefficient (Wildman–Crippen LogP) is 3.98. The molecule has 0 unspecified atom stereocenters. The van der Waals surface area contributed by atoms with Gasteiger partial charge in [0.1, 0.15) is 0 Å². The van der Waals surface area contributed by atoms with Gasteiger partial charge in [0.2, 0.25) is 0 Å². The van der Waals surface area contributed by atoms with Gasteiger partial charge >= 0.3 is 0 Å². The molecule has 32 heavy (non-hydrogen) atoms. The quantitative estimate of drug-likeness (QED) is 0.655. The van der Waals surface area contributed by atoms with E-state index in [9.17, 15) is 10.1 Å². The molecule has 1 N–H and O–H groups in total. The van der Waals surface area contributed by atoms with Crippen molar-refractivity contribution in [1.82, 2.24) is 5.32 Å². The number of anilines is 1. The van der Waals surface area contributed by atoms with Gasteiger partial charge in [-0.15, -0.1) is 0 Å². The van der Waals surface area contributed by atoms with Crippen molar-refractivity contribution >= 4 is 33.0 Å². The van der Waals surface area contributed by atoms with Crippen LogP contribution in [0.4, 0.5) is 5.69 Å². The molecule has 0 amide bonds. The van der Waals surface area contributed by atoms with Crippen LogP contribution in [0, 0.1) is 11.3 Å². The maximum atomic E-state index is 13.9. The smallest absolute Gasteiger partial charge is 0.193 e. The summed E-state index contributed by atoms with van der Waals surface area (Å²) in [5.41, 5.74) is 7.81. The summed E-state index contributed by atoms with van der Waals surface area (Å²) in [5.74, 6) is 0.114. The molecule has 6 heteroatoms. The van der Waals surface area contributed by atoms with Crippen molar-refractivity contribution in [3.05, 3.63) is 68.2 Å². The first-order chi connectivity index (χ1) is 15.6. The Morgan fingerprint density at radius 2 is 1.88 bits per heavy atom. The standard InChI is InChI=1S/C26H24BrN3O2/c27-22-13-19-20(14-23(22)30-7-5-29-6-8-30)26(3-9-32-10-4-26)21-12-17-11-16(15-28)1-2-18(17)24(21)25(19)31/h1-2,11,13-14,29H,3-10,12H2. The Bertz CT molecular complexity index is 1210. The van der Waals surface area contributed by atoms with E-state index < -0.39 is 0 Å². The van der Waals surface area contributed by atoms with Crippen molar-refractivity contribution in [1.29, 1.82) is 5.26 Å². The van der Waals surface area contributed by atoms with Crippen LogP contribution in [0.15, 0.2) is 40.4 Å². The van der Waals surface area contributed by atoms with Gasteiger partial charge in [0.15, 0.2) is 5.78 Å².